The van der Waals surface area contributed by atoms with Gasteiger partial charge in [-0.05, 0) is 36.4 Å². The quantitative estimate of drug-likeness (QED) is 0.739. The number of para-hydroxylation sites is 2. The van der Waals surface area contributed by atoms with Gasteiger partial charge >= 0.3 is 0 Å². The van der Waals surface area contributed by atoms with Gasteiger partial charge in [-0.2, -0.15) is 10.5 Å². The van der Waals surface area contributed by atoms with E-state index in [9.17, 15) is 0 Å². The van der Waals surface area contributed by atoms with E-state index in [-0.39, 0.29) is 5.57 Å². The van der Waals surface area contributed by atoms with Crippen molar-refractivity contribution in [3.8, 4) is 23.6 Å². The monoisotopic (exact) mass is 286 g/mol. The van der Waals surface area contributed by atoms with Gasteiger partial charge in [0.15, 0.2) is 5.58 Å². The van der Waals surface area contributed by atoms with Gasteiger partial charge in [0.05, 0.1) is 0 Å². The molecule has 0 saturated heterocycles. The summed E-state index contributed by atoms with van der Waals surface area (Å²) < 4.78 is 5.70. The molecule has 0 spiro atoms. The second kappa shape index (κ2) is 5.82. The maximum Gasteiger partial charge on any atom is 0.227 e. The van der Waals surface area contributed by atoms with Crippen molar-refractivity contribution in [3.05, 3.63) is 60.3 Å². The van der Waals surface area contributed by atoms with Crippen molar-refractivity contribution in [2.24, 2.45) is 0 Å². The Balaban J connectivity index is 1.84. The molecule has 0 aliphatic heterocycles. The second-order valence-electron chi connectivity index (χ2n) is 4.49. The maximum absolute atomic E-state index is 8.66. The molecule has 1 heterocycles. The molecule has 0 aliphatic carbocycles. The molecular weight excluding hydrogens is 276 g/mol. The number of aromatic nitrogens is 1. The van der Waals surface area contributed by atoms with Gasteiger partial charge in [-0.15, -0.1) is 0 Å². The fourth-order valence-electron chi connectivity index (χ4n) is 1.95. The highest BCUT2D eigenvalue weighted by Gasteiger charge is 2.07. The Morgan fingerprint density at radius 3 is 2.45 bits per heavy atom. The SMILES string of the molecule is N#CC(C#N)=CNc1ccc(-c2nc3ccccc3o2)cc1. The highest BCUT2D eigenvalue weighted by atomic mass is 16.3. The molecule has 0 bridgehead atoms. The van der Waals surface area contributed by atoms with Crippen LogP contribution in [0.15, 0.2) is 64.7 Å². The summed E-state index contributed by atoms with van der Waals surface area (Å²) in [4.78, 5) is 4.43. The summed E-state index contributed by atoms with van der Waals surface area (Å²) in [6, 6.07) is 18.5. The van der Waals surface area contributed by atoms with E-state index in [4.69, 9.17) is 14.9 Å². The zero-order chi connectivity index (χ0) is 15.4. The lowest BCUT2D eigenvalue weighted by molar-refractivity contribution is 0.620. The van der Waals surface area contributed by atoms with Crippen LogP contribution < -0.4 is 5.32 Å². The van der Waals surface area contributed by atoms with Crippen molar-refractivity contribution in [2.45, 2.75) is 0 Å². The van der Waals surface area contributed by atoms with Gasteiger partial charge in [0.25, 0.3) is 0 Å². The molecule has 1 N–H and O–H groups in total. The van der Waals surface area contributed by atoms with Crippen LogP contribution in [0.4, 0.5) is 5.69 Å². The standard InChI is InChI=1S/C17H10N4O/c18-9-12(10-19)11-20-14-7-5-13(6-8-14)17-21-15-3-1-2-4-16(15)22-17/h1-8,11,20H. The summed E-state index contributed by atoms with van der Waals surface area (Å²) in [5, 5.41) is 20.2. The zero-order valence-electron chi connectivity index (χ0n) is 11.4. The lowest BCUT2D eigenvalue weighted by atomic mass is 10.2. The smallest absolute Gasteiger partial charge is 0.227 e. The fourth-order valence-corrected chi connectivity index (χ4v) is 1.95. The molecule has 3 rings (SSSR count). The minimum Gasteiger partial charge on any atom is -0.436 e. The molecule has 22 heavy (non-hydrogen) atoms. The van der Waals surface area contributed by atoms with Gasteiger partial charge in [-0.1, -0.05) is 12.1 Å². The Bertz CT molecular complexity index is 875. The van der Waals surface area contributed by atoms with Crippen LogP contribution in [0.3, 0.4) is 0 Å². The molecule has 3 aromatic rings. The maximum atomic E-state index is 8.66. The van der Waals surface area contributed by atoms with Crippen molar-refractivity contribution in [1.29, 1.82) is 10.5 Å². The number of benzene rings is 2. The molecule has 0 unspecified atom stereocenters. The van der Waals surface area contributed by atoms with Crippen LogP contribution >= 0.6 is 0 Å². The predicted octanol–water partition coefficient (Wildman–Crippen LogP) is 3.84. The van der Waals surface area contributed by atoms with E-state index in [1.54, 1.807) is 12.1 Å². The molecule has 5 nitrogen and oxygen atoms in total. The van der Waals surface area contributed by atoms with Crippen LogP contribution in [-0.4, -0.2) is 4.98 Å². The number of nitrogens with one attached hydrogen (secondary N) is 1. The largest absolute Gasteiger partial charge is 0.436 e. The number of fused-ring (bicyclic) bond motifs is 1. The van der Waals surface area contributed by atoms with E-state index in [1.165, 1.54) is 6.20 Å². The third kappa shape index (κ3) is 2.65. The van der Waals surface area contributed by atoms with Gasteiger partial charge in [-0.3, -0.25) is 0 Å². The number of allylic oxidation sites excluding steroid dienone is 1. The number of anilines is 1. The lowest BCUT2D eigenvalue weighted by Crippen LogP contribution is -1.89. The van der Waals surface area contributed by atoms with Gasteiger partial charge in [0.2, 0.25) is 5.89 Å². The van der Waals surface area contributed by atoms with Crippen LogP contribution in [0, 0.1) is 22.7 Å². The van der Waals surface area contributed by atoms with Crippen LogP contribution in [0.1, 0.15) is 0 Å². The molecule has 0 atom stereocenters. The molecule has 0 saturated carbocycles. The lowest BCUT2D eigenvalue weighted by Gasteiger charge is -2.01. The average Bonchev–Trinajstić information content (AvgIpc) is 3.00. The molecule has 5 heteroatoms. The van der Waals surface area contributed by atoms with Crippen LogP contribution in [0.2, 0.25) is 0 Å². The van der Waals surface area contributed by atoms with E-state index in [0.29, 0.717) is 5.89 Å². The van der Waals surface area contributed by atoms with Gasteiger partial charge in [0, 0.05) is 17.5 Å². The molecule has 2 aromatic carbocycles. The van der Waals surface area contributed by atoms with E-state index in [1.807, 2.05) is 48.5 Å². The van der Waals surface area contributed by atoms with Gasteiger partial charge in [0.1, 0.15) is 23.2 Å². The summed E-state index contributed by atoms with van der Waals surface area (Å²) in [5.74, 6) is 0.554. The number of hydrogen-bond acceptors (Lipinski definition) is 5. The normalized spacial score (nSPS) is 9.73. The second-order valence-corrected chi connectivity index (χ2v) is 4.49. The third-order valence-electron chi connectivity index (χ3n) is 3.05. The molecular formula is C17H10N4O. The first kappa shape index (κ1) is 13.4. The Morgan fingerprint density at radius 2 is 1.77 bits per heavy atom. The average molecular weight is 286 g/mol. The molecule has 0 amide bonds. The Hall–Kier alpha value is -3.57. The van der Waals surface area contributed by atoms with Crippen molar-refractivity contribution in [3.63, 3.8) is 0 Å². The number of rotatable bonds is 3. The topological polar surface area (TPSA) is 85.6 Å². The number of oxazole rings is 1. The van der Waals surface area contributed by atoms with E-state index < -0.39 is 0 Å². The minimum atomic E-state index is 0.0167. The summed E-state index contributed by atoms with van der Waals surface area (Å²) in [5.41, 5.74) is 3.20. The van der Waals surface area contributed by atoms with E-state index >= 15 is 0 Å². The minimum absolute atomic E-state index is 0.0167. The van der Waals surface area contributed by atoms with Crippen molar-refractivity contribution in [1.82, 2.24) is 4.98 Å². The first-order valence-electron chi connectivity index (χ1n) is 6.53. The highest BCUT2D eigenvalue weighted by molar-refractivity contribution is 5.76. The van der Waals surface area contributed by atoms with E-state index in [2.05, 4.69) is 10.3 Å². The van der Waals surface area contributed by atoms with Crippen LogP contribution in [0.25, 0.3) is 22.6 Å². The van der Waals surface area contributed by atoms with Gasteiger partial charge < -0.3 is 9.73 Å². The molecule has 1 aromatic heterocycles. The van der Waals surface area contributed by atoms with Crippen molar-refractivity contribution >= 4 is 16.8 Å². The molecule has 0 radical (unpaired) electrons. The van der Waals surface area contributed by atoms with Crippen molar-refractivity contribution in [2.75, 3.05) is 5.32 Å². The molecule has 0 aliphatic rings. The summed E-state index contributed by atoms with van der Waals surface area (Å²) in [7, 11) is 0. The van der Waals surface area contributed by atoms with Crippen LogP contribution in [-0.2, 0) is 0 Å². The van der Waals surface area contributed by atoms with Crippen molar-refractivity contribution < 1.29 is 4.42 Å². The zero-order valence-corrected chi connectivity index (χ0v) is 11.4. The van der Waals surface area contributed by atoms with Gasteiger partial charge in [-0.25, -0.2) is 4.98 Å². The third-order valence-corrected chi connectivity index (χ3v) is 3.05. The Morgan fingerprint density at radius 1 is 1.05 bits per heavy atom. The van der Waals surface area contributed by atoms with Crippen LogP contribution in [0.5, 0.6) is 0 Å². The number of hydrogen-bond donors (Lipinski definition) is 1. The first-order chi connectivity index (χ1) is 10.8. The Kier molecular flexibility index (Phi) is 3.55. The summed E-state index contributed by atoms with van der Waals surface area (Å²) >= 11 is 0. The molecule has 104 valence electrons. The predicted molar refractivity (Wildman–Crippen MR) is 82.4 cm³/mol. The molecule has 0 fully saturated rings. The summed E-state index contributed by atoms with van der Waals surface area (Å²) in [6.45, 7) is 0. The number of nitriles is 2. The first-order valence-corrected chi connectivity index (χ1v) is 6.53. The fraction of sp³-hybridized carbons (Fsp3) is 0. The van der Waals surface area contributed by atoms with E-state index in [0.717, 1.165) is 22.4 Å². The highest BCUT2D eigenvalue weighted by Crippen LogP contribution is 2.25. The summed E-state index contributed by atoms with van der Waals surface area (Å²) in [6.07, 6.45) is 1.37. The number of nitrogens with zero attached hydrogens (tertiary/aromatic N) is 3. The Labute approximate surface area is 126 Å².